The fraction of sp³-hybridized carbons (Fsp3) is 0.438. The summed E-state index contributed by atoms with van der Waals surface area (Å²) in [5.74, 6) is 1.35. The first-order chi connectivity index (χ1) is 11.0. The van der Waals surface area contributed by atoms with E-state index in [1.165, 1.54) is 6.07 Å². The van der Waals surface area contributed by atoms with Gasteiger partial charge < -0.3 is 15.2 Å². The molecule has 2 N–H and O–H groups in total. The number of nitrogens with two attached hydrogens (primary N) is 1. The normalized spacial score (nSPS) is 15.3. The van der Waals surface area contributed by atoms with Gasteiger partial charge in [0.25, 0.3) is 0 Å². The number of amides is 1. The number of nitrogens with zero attached hydrogens (tertiary/aromatic N) is 4. The molecule has 7 heteroatoms. The van der Waals surface area contributed by atoms with Crippen LogP contribution in [0.5, 0.6) is 0 Å². The summed E-state index contributed by atoms with van der Waals surface area (Å²) in [7, 11) is 0. The largest absolute Gasteiger partial charge is 0.333 e. The number of hydrogen-bond donors (Lipinski definition) is 1. The van der Waals surface area contributed by atoms with Gasteiger partial charge in [0.15, 0.2) is 5.82 Å². The Morgan fingerprint density at radius 2 is 2.13 bits per heavy atom. The van der Waals surface area contributed by atoms with Crippen LogP contribution in [0.15, 0.2) is 24.3 Å². The van der Waals surface area contributed by atoms with Crippen LogP contribution in [0.4, 0.5) is 4.39 Å². The number of rotatable bonds is 4. The van der Waals surface area contributed by atoms with Crippen LogP contribution in [0, 0.1) is 12.7 Å². The summed E-state index contributed by atoms with van der Waals surface area (Å²) < 4.78 is 15.7. The van der Waals surface area contributed by atoms with E-state index >= 15 is 0 Å². The molecule has 1 atom stereocenters. The standard InChI is InChI=1S/C16H20FN5O/c1-11-19-20-15-10-21(6-7-22(11)15)16(23)9-13(18)8-12-4-2-3-5-14(12)17/h2-5,13H,6-10,18H2,1H3/t13-/m1/s1. The molecule has 0 saturated heterocycles. The maximum atomic E-state index is 13.6. The number of halogens is 1. The van der Waals surface area contributed by atoms with Crippen molar-refractivity contribution >= 4 is 5.91 Å². The molecule has 122 valence electrons. The first kappa shape index (κ1) is 15.6. The Hall–Kier alpha value is -2.28. The predicted octanol–water partition coefficient (Wildman–Crippen LogP) is 1.03. The van der Waals surface area contributed by atoms with Gasteiger partial charge in [0, 0.05) is 25.6 Å². The summed E-state index contributed by atoms with van der Waals surface area (Å²) in [6.07, 6.45) is 0.545. The zero-order valence-corrected chi connectivity index (χ0v) is 13.1. The van der Waals surface area contributed by atoms with Gasteiger partial charge in [-0.3, -0.25) is 4.79 Å². The van der Waals surface area contributed by atoms with Gasteiger partial charge in [0.05, 0.1) is 6.54 Å². The van der Waals surface area contributed by atoms with Crippen LogP contribution in [0.3, 0.4) is 0 Å². The topological polar surface area (TPSA) is 77.0 Å². The van der Waals surface area contributed by atoms with Crippen molar-refractivity contribution in [1.82, 2.24) is 19.7 Å². The molecule has 6 nitrogen and oxygen atoms in total. The lowest BCUT2D eigenvalue weighted by Gasteiger charge is -2.28. The molecule has 1 aliphatic heterocycles. The van der Waals surface area contributed by atoms with Crippen LogP contribution in [0.1, 0.15) is 23.6 Å². The van der Waals surface area contributed by atoms with E-state index in [-0.39, 0.29) is 18.1 Å². The van der Waals surface area contributed by atoms with Crippen molar-refractivity contribution in [1.29, 1.82) is 0 Å². The fourth-order valence-corrected chi connectivity index (χ4v) is 2.89. The van der Waals surface area contributed by atoms with E-state index in [0.717, 1.165) is 11.6 Å². The zero-order valence-electron chi connectivity index (χ0n) is 13.1. The Bertz CT molecular complexity index is 714. The van der Waals surface area contributed by atoms with E-state index in [1.54, 1.807) is 23.1 Å². The molecule has 1 amide bonds. The first-order valence-corrected chi connectivity index (χ1v) is 7.70. The second kappa shape index (κ2) is 6.45. The Morgan fingerprint density at radius 3 is 2.91 bits per heavy atom. The van der Waals surface area contributed by atoms with E-state index in [9.17, 15) is 9.18 Å². The molecule has 1 aromatic heterocycles. The Kier molecular flexibility index (Phi) is 4.38. The van der Waals surface area contributed by atoms with Crippen molar-refractivity contribution in [3.8, 4) is 0 Å². The van der Waals surface area contributed by atoms with Crippen LogP contribution in [-0.2, 0) is 24.3 Å². The lowest BCUT2D eigenvalue weighted by atomic mass is 10.0. The number of hydrogen-bond acceptors (Lipinski definition) is 4. The summed E-state index contributed by atoms with van der Waals surface area (Å²) in [6.45, 7) is 3.67. The number of carbonyl (C=O) groups is 1. The molecule has 0 fully saturated rings. The third-order valence-corrected chi connectivity index (χ3v) is 4.17. The van der Waals surface area contributed by atoms with Crippen LogP contribution in [0.2, 0.25) is 0 Å². The predicted molar refractivity (Wildman–Crippen MR) is 82.9 cm³/mol. The van der Waals surface area contributed by atoms with Gasteiger partial charge in [-0.2, -0.15) is 0 Å². The quantitative estimate of drug-likeness (QED) is 0.913. The highest BCUT2D eigenvalue weighted by molar-refractivity contribution is 5.76. The van der Waals surface area contributed by atoms with E-state index in [2.05, 4.69) is 10.2 Å². The lowest BCUT2D eigenvalue weighted by Crippen LogP contribution is -2.41. The summed E-state index contributed by atoms with van der Waals surface area (Å²) >= 11 is 0. The maximum Gasteiger partial charge on any atom is 0.224 e. The van der Waals surface area contributed by atoms with Gasteiger partial charge in [-0.15, -0.1) is 10.2 Å². The van der Waals surface area contributed by atoms with Crippen LogP contribution < -0.4 is 5.73 Å². The average Bonchev–Trinajstić information content (AvgIpc) is 2.90. The molecule has 0 saturated carbocycles. The highest BCUT2D eigenvalue weighted by Crippen LogP contribution is 2.15. The molecule has 2 heterocycles. The van der Waals surface area contributed by atoms with Crippen molar-refractivity contribution in [2.75, 3.05) is 6.54 Å². The van der Waals surface area contributed by atoms with E-state index in [0.29, 0.717) is 31.6 Å². The van der Waals surface area contributed by atoms with E-state index in [4.69, 9.17) is 5.73 Å². The summed E-state index contributed by atoms with van der Waals surface area (Å²) in [5, 5.41) is 8.11. The van der Waals surface area contributed by atoms with Crippen molar-refractivity contribution in [2.45, 2.75) is 38.9 Å². The van der Waals surface area contributed by atoms with Crippen LogP contribution >= 0.6 is 0 Å². The molecule has 23 heavy (non-hydrogen) atoms. The number of aromatic nitrogens is 3. The molecular formula is C16H20FN5O. The molecule has 0 radical (unpaired) electrons. The minimum atomic E-state index is -0.402. The molecule has 1 aromatic carbocycles. The van der Waals surface area contributed by atoms with Gasteiger partial charge >= 0.3 is 0 Å². The van der Waals surface area contributed by atoms with Crippen molar-refractivity contribution < 1.29 is 9.18 Å². The lowest BCUT2D eigenvalue weighted by molar-refractivity contribution is -0.133. The van der Waals surface area contributed by atoms with Gasteiger partial charge in [-0.25, -0.2) is 4.39 Å². The molecule has 1 aliphatic rings. The second-order valence-electron chi connectivity index (χ2n) is 5.89. The number of carbonyl (C=O) groups excluding carboxylic acids is 1. The Balaban J connectivity index is 1.58. The zero-order chi connectivity index (χ0) is 16.4. The fourth-order valence-electron chi connectivity index (χ4n) is 2.89. The van der Waals surface area contributed by atoms with E-state index < -0.39 is 6.04 Å². The highest BCUT2D eigenvalue weighted by atomic mass is 19.1. The third-order valence-electron chi connectivity index (χ3n) is 4.17. The van der Waals surface area contributed by atoms with E-state index in [1.807, 2.05) is 11.5 Å². The molecule has 2 aromatic rings. The molecular weight excluding hydrogens is 297 g/mol. The summed E-state index contributed by atoms with van der Waals surface area (Å²) in [4.78, 5) is 14.1. The van der Waals surface area contributed by atoms with Crippen LogP contribution in [0.25, 0.3) is 0 Å². The summed E-state index contributed by atoms with van der Waals surface area (Å²) in [6, 6.07) is 6.12. The van der Waals surface area contributed by atoms with Gasteiger partial charge in [-0.05, 0) is 25.0 Å². The molecule has 0 aliphatic carbocycles. The molecule has 3 rings (SSSR count). The Labute approximate surface area is 134 Å². The average molecular weight is 317 g/mol. The molecule has 0 unspecified atom stereocenters. The molecule has 0 bridgehead atoms. The number of benzene rings is 1. The first-order valence-electron chi connectivity index (χ1n) is 7.70. The maximum absolute atomic E-state index is 13.6. The minimum absolute atomic E-state index is 0.0271. The SMILES string of the molecule is Cc1nnc2n1CCN(C(=O)C[C@H](N)Cc1ccccc1F)C2. The van der Waals surface area contributed by atoms with Crippen LogP contribution in [-0.4, -0.2) is 38.2 Å². The summed E-state index contributed by atoms with van der Waals surface area (Å²) in [5.41, 5.74) is 6.58. The monoisotopic (exact) mass is 317 g/mol. The minimum Gasteiger partial charge on any atom is -0.333 e. The molecule has 0 spiro atoms. The smallest absolute Gasteiger partial charge is 0.224 e. The third kappa shape index (κ3) is 3.39. The highest BCUT2D eigenvalue weighted by Gasteiger charge is 2.24. The van der Waals surface area contributed by atoms with Crippen molar-refractivity contribution in [3.05, 3.63) is 47.3 Å². The Morgan fingerprint density at radius 1 is 1.35 bits per heavy atom. The second-order valence-corrected chi connectivity index (χ2v) is 5.89. The van der Waals surface area contributed by atoms with Crippen molar-refractivity contribution in [2.24, 2.45) is 5.73 Å². The van der Waals surface area contributed by atoms with Gasteiger partial charge in [-0.1, -0.05) is 18.2 Å². The number of aryl methyl sites for hydroxylation is 1. The number of fused-ring (bicyclic) bond motifs is 1. The van der Waals surface area contributed by atoms with Crippen molar-refractivity contribution in [3.63, 3.8) is 0 Å². The van der Waals surface area contributed by atoms with Gasteiger partial charge in [0.2, 0.25) is 5.91 Å². The van der Waals surface area contributed by atoms with Gasteiger partial charge in [0.1, 0.15) is 11.6 Å².